The molecule has 1 heterocycles. The molecular weight excluding hydrogens is 443 g/mol. The summed E-state index contributed by atoms with van der Waals surface area (Å²) in [5.74, 6) is -1.17. The standard InChI is InChI=1S/C23H24F3NO6/c1-30-16-9-12-5-6-14-13-10-15(28)17(31-2)11-22(13,18(12)20(33-4)19(16)32-3)7-8-27(14)21(29)23(24,25)26/h9-11,14H,5-8H2,1-4H3/t14-,22+/m0/s1. The predicted molar refractivity (Wildman–Crippen MR) is 110 cm³/mol. The highest BCUT2D eigenvalue weighted by Gasteiger charge is 2.55. The van der Waals surface area contributed by atoms with Crippen molar-refractivity contribution in [3.8, 4) is 17.2 Å². The molecule has 33 heavy (non-hydrogen) atoms. The van der Waals surface area contributed by atoms with Crippen LogP contribution >= 0.6 is 0 Å². The molecule has 0 aromatic heterocycles. The number of benzene rings is 1. The van der Waals surface area contributed by atoms with E-state index in [1.807, 2.05) is 0 Å². The van der Waals surface area contributed by atoms with Gasteiger partial charge in [-0.25, -0.2) is 0 Å². The van der Waals surface area contributed by atoms with Crippen molar-refractivity contribution in [1.29, 1.82) is 0 Å². The Morgan fingerprint density at radius 1 is 1.09 bits per heavy atom. The van der Waals surface area contributed by atoms with Gasteiger partial charge < -0.3 is 23.8 Å². The molecule has 0 unspecified atom stereocenters. The van der Waals surface area contributed by atoms with Crippen LogP contribution in [0.4, 0.5) is 13.2 Å². The second-order valence-corrected chi connectivity index (χ2v) is 8.13. The fourth-order valence-electron chi connectivity index (χ4n) is 5.35. The van der Waals surface area contributed by atoms with Crippen LogP contribution in [0, 0.1) is 0 Å². The first-order valence-electron chi connectivity index (χ1n) is 10.4. The molecule has 1 aliphatic heterocycles. The number of carbonyl (C=O) groups excluding carboxylic acids is 2. The molecule has 1 fully saturated rings. The normalized spacial score (nSPS) is 24.0. The van der Waals surface area contributed by atoms with Gasteiger partial charge >= 0.3 is 12.1 Å². The van der Waals surface area contributed by atoms with Crippen LogP contribution in [0.2, 0.25) is 0 Å². The number of halogens is 3. The molecule has 0 N–H and O–H groups in total. The lowest BCUT2D eigenvalue weighted by atomic mass is 9.64. The number of hydrogen-bond acceptors (Lipinski definition) is 6. The number of hydrogen-bond donors (Lipinski definition) is 0. The molecule has 3 aliphatic rings. The predicted octanol–water partition coefficient (Wildman–Crippen LogP) is 3.10. The summed E-state index contributed by atoms with van der Waals surface area (Å²) in [4.78, 5) is 25.8. The topological polar surface area (TPSA) is 74.3 Å². The van der Waals surface area contributed by atoms with E-state index >= 15 is 0 Å². The Kier molecular flexibility index (Phi) is 5.58. The maximum atomic E-state index is 13.4. The Morgan fingerprint density at radius 3 is 2.36 bits per heavy atom. The average molecular weight is 467 g/mol. The summed E-state index contributed by atoms with van der Waals surface area (Å²) in [5.41, 5.74) is 0.863. The lowest BCUT2D eigenvalue weighted by molar-refractivity contribution is -0.188. The zero-order valence-electron chi connectivity index (χ0n) is 18.7. The molecular formula is C23H24F3NO6. The Hall–Kier alpha value is -3.17. The van der Waals surface area contributed by atoms with Gasteiger partial charge in [0, 0.05) is 17.5 Å². The van der Waals surface area contributed by atoms with E-state index in [-0.39, 0.29) is 25.1 Å². The third-order valence-corrected chi connectivity index (χ3v) is 6.67. The first-order valence-corrected chi connectivity index (χ1v) is 10.4. The number of likely N-dealkylation sites (tertiary alicyclic amines) is 1. The van der Waals surface area contributed by atoms with Gasteiger partial charge in [0.1, 0.15) is 0 Å². The van der Waals surface area contributed by atoms with Crippen molar-refractivity contribution < 1.29 is 41.7 Å². The van der Waals surface area contributed by atoms with E-state index in [0.717, 1.165) is 10.5 Å². The van der Waals surface area contributed by atoms with E-state index < -0.39 is 29.3 Å². The third kappa shape index (κ3) is 3.34. The van der Waals surface area contributed by atoms with Crippen molar-refractivity contribution in [1.82, 2.24) is 4.90 Å². The van der Waals surface area contributed by atoms with Crippen LogP contribution in [0.3, 0.4) is 0 Å². The maximum absolute atomic E-state index is 13.4. The van der Waals surface area contributed by atoms with Gasteiger partial charge in [0.25, 0.3) is 0 Å². The van der Waals surface area contributed by atoms with Crippen molar-refractivity contribution in [2.45, 2.75) is 36.9 Å². The van der Waals surface area contributed by atoms with Crippen LogP contribution in [0.15, 0.2) is 29.6 Å². The molecule has 1 aromatic rings. The Bertz CT molecular complexity index is 1080. The monoisotopic (exact) mass is 467 g/mol. The Labute approximate surface area is 188 Å². The van der Waals surface area contributed by atoms with Crippen molar-refractivity contribution in [3.63, 3.8) is 0 Å². The fraction of sp³-hybridized carbons (Fsp3) is 0.478. The molecule has 2 aliphatic carbocycles. The van der Waals surface area contributed by atoms with E-state index in [9.17, 15) is 22.8 Å². The summed E-state index contributed by atoms with van der Waals surface area (Å²) < 4.78 is 62.3. The fourth-order valence-corrected chi connectivity index (χ4v) is 5.35. The average Bonchev–Trinajstić information content (AvgIpc) is 2.87. The number of ether oxygens (including phenoxy) is 4. The van der Waals surface area contributed by atoms with E-state index in [4.69, 9.17) is 18.9 Å². The van der Waals surface area contributed by atoms with Gasteiger partial charge in [-0.2, -0.15) is 13.2 Å². The molecule has 0 radical (unpaired) electrons. The van der Waals surface area contributed by atoms with E-state index in [2.05, 4.69) is 0 Å². The van der Waals surface area contributed by atoms with Crippen LogP contribution in [-0.2, 0) is 26.2 Å². The SMILES string of the molecule is COC1=C[C@@]23CCN(C(=O)C(F)(F)F)[C@@H](CCc4cc(OC)c(OC)c(OC)c42)C3=CC1=O. The van der Waals surface area contributed by atoms with E-state index in [1.54, 1.807) is 12.1 Å². The lowest BCUT2D eigenvalue weighted by Crippen LogP contribution is -2.56. The number of nitrogens with zero attached hydrogens (tertiary/aromatic N) is 1. The van der Waals surface area contributed by atoms with Gasteiger partial charge in [-0.3, -0.25) is 9.59 Å². The first kappa shape index (κ1) is 23.0. The molecule has 2 atom stereocenters. The molecule has 4 rings (SSSR count). The van der Waals surface area contributed by atoms with Gasteiger partial charge in [0.15, 0.2) is 17.3 Å². The number of allylic oxidation sites excluding steroid dienone is 2. The van der Waals surface area contributed by atoms with Crippen LogP contribution in [0.5, 0.6) is 17.2 Å². The number of alkyl halides is 3. The number of methoxy groups -OCH3 is 4. The van der Waals surface area contributed by atoms with Gasteiger partial charge in [-0.1, -0.05) is 0 Å². The number of rotatable bonds is 4. The highest BCUT2D eigenvalue weighted by atomic mass is 19.4. The molecule has 0 spiro atoms. The molecule has 10 heteroatoms. The number of amides is 1. The summed E-state index contributed by atoms with van der Waals surface area (Å²) >= 11 is 0. The minimum absolute atomic E-state index is 0.0813. The summed E-state index contributed by atoms with van der Waals surface area (Å²) in [6.07, 6.45) is -1.42. The minimum Gasteiger partial charge on any atom is -0.493 e. The maximum Gasteiger partial charge on any atom is 0.471 e. The Balaban J connectivity index is 2.02. The molecule has 2 bridgehead atoms. The van der Waals surface area contributed by atoms with Gasteiger partial charge in [-0.05, 0) is 48.6 Å². The minimum atomic E-state index is -5.02. The molecule has 7 nitrogen and oxygen atoms in total. The number of aryl methyl sites for hydroxylation is 1. The summed E-state index contributed by atoms with van der Waals surface area (Å²) in [6, 6.07) is 0.858. The highest BCUT2D eigenvalue weighted by Crippen LogP contribution is 2.57. The summed E-state index contributed by atoms with van der Waals surface area (Å²) in [5, 5.41) is 0. The van der Waals surface area contributed by atoms with Crippen molar-refractivity contribution in [3.05, 3.63) is 40.7 Å². The third-order valence-electron chi connectivity index (χ3n) is 6.67. The van der Waals surface area contributed by atoms with Crippen molar-refractivity contribution >= 4 is 11.7 Å². The lowest BCUT2D eigenvalue weighted by Gasteiger charge is -2.48. The van der Waals surface area contributed by atoms with E-state index in [0.29, 0.717) is 34.8 Å². The van der Waals surface area contributed by atoms with Gasteiger partial charge in [0.2, 0.25) is 11.5 Å². The van der Waals surface area contributed by atoms with Crippen molar-refractivity contribution in [2.75, 3.05) is 35.0 Å². The zero-order chi connectivity index (χ0) is 24.1. The molecule has 1 saturated heterocycles. The largest absolute Gasteiger partial charge is 0.493 e. The zero-order valence-corrected chi connectivity index (χ0v) is 18.7. The number of carbonyl (C=O) groups is 2. The molecule has 0 saturated carbocycles. The molecule has 178 valence electrons. The van der Waals surface area contributed by atoms with Crippen LogP contribution in [0.1, 0.15) is 24.0 Å². The quantitative estimate of drug-likeness (QED) is 0.678. The second-order valence-electron chi connectivity index (χ2n) is 8.13. The molecule has 1 amide bonds. The second kappa shape index (κ2) is 8.00. The number of fused-ring (bicyclic) bond motifs is 1. The van der Waals surface area contributed by atoms with Crippen LogP contribution in [0.25, 0.3) is 0 Å². The Morgan fingerprint density at radius 2 is 1.79 bits per heavy atom. The summed E-state index contributed by atoms with van der Waals surface area (Å²) in [7, 11) is 5.78. The smallest absolute Gasteiger partial charge is 0.471 e. The first-order chi connectivity index (χ1) is 15.6. The number of ketones is 1. The van der Waals surface area contributed by atoms with Crippen LogP contribution < -0.4 is 14.2 Å². The van der Waals surface area contributed by atoms with Gasteiger partial charge in [0.05, 0.1) is 34.5 Å². The summed E-state index contributed by atoms with van der Waals surface area (Å²) in [6.45, 7) is -0.154. The molecule has 1 aromatic carbocycles. The number of piperidine rings is 1. The van der Waals surface area contributed by atoms with Gasteiger partial charge in [-0.15, -0.1) is 0 Å². The highest BCUT2D eigenvalue weighted by molar-refractivity contribution is 6.05. The van der Waals surface area contributed by atoms with Crippen LogP contribution in [-0.4, -0.2) is 63.8 Å². The van der Waals surface area contributed by atoms with Crippen molar-refractivity contribution in [2.24, 2.45) is 0 Å². The van der Waals surface area contributed by atoms with E-state index in [1.165, 1.54) is 34.5 Å².